The summed E-state index contributed by atoms with van der Waals surface area (Å²) in [6, 6.07) is 3.89. The summed E-state index contributed by atoms with van der Waals surface area (Å²) in [6.07, 6.45) is 3.85. The van der Waals surface area contributed by atoms with Crippen molar-refractivity contribution in [1.29, 1.82) is 0 Å². The highest BCUT2D eigenvalue weighted by atomic mass is 28.4. The summed E-state index contributed by atoms with van der Waals surface area (Å²) in [5.74, 6) is 0. The van der Waals surface area contributed by atoms with Gasteiger partial charge in [-0.25, -0.2) is 0 Å². The van der Waals surface area contributed by atoms with Crippen LogP contribution < -0.4 is 0 Å². The monoisotopic (exact) mass is 229 g/mol. The van der Waals surface area contributed by atoms with Gasteiger partial charge in [0.25, 0.3) is 0 Å². The summed E-state index contributed by atoms with van der Waals surface area (Å²) >= 11 is 0. The Balaban J connectivity index is 2.90. The number of nitrogens with zero attached hydrogens (tertiary/aromatic N) is 1. The molecular weight excluding hydrogens is 210 g/mol. The maximum Gasteiger partial charge on any atom is 0.637 e. The lowest BCUT2D eigenvalue weighted by Gasteiger charge is -2.28. The molecule has 0 aliphatic carbocycles. The zero-order valence-corrected chi connectivity index (χ0v) is 10.6. The van der Waals surface area contributed by atoms with Crippen LogP contribution >= 0.6 is 0 Å². The molecule has 0 saturated carbocycles. The first kappa shape index (κ1) is 12.4. The Morgan fingerprint density at radius 3 is 1.60 bits per heavy atom. The van der Waals surface area contributed by atoms with Gasteiger partial charge in [0.05, 0.1) is 0 Å². The topological polar surface area (TPSA) is 32.6 Å². The summed E-state index contributed by atoms with van der Waals surface area (Å²) in [7, 11) is -2.70. The van der Waals surface area contributed by atoms with Crippen LogP contribution in [0.15, 0.2) is 24.5 Å². The van der Waals surface area contributed by atoms with Gasteiger partial charge in [0.15, 0.2) is 0 Å². The second-order valence-corrected chi connectivity index (χ2v) is 5.34. The quantitative estimate of drug-likeness (QED) is 0.669. The highest BCUT2D eigenvalue weighted by Crippen LogP contribution is 2.13. The normalized spacial score (nSPS) is 11.9. The van der Waals surface area contributed by atoms with Crippen LogP contribution in [0.4, 0.5) is 0 Å². The largest absolute Gasteiger partial charge is 0.637 e. The van der Waals surface area contributed by atoms with Crippen LogP contribution in [0.5, 0.6) is 0 Å². The molecule has 15 heavy (non-hydrogen) atoms. The summed E-state index contributed by atoms with van der Waals surface area (Å²) < 4.78 is 19.1. The smallest absolute Gasteiger partial charge is 0.357 e. The van der Waals surface area contributed by atoms with Crippen LogP contribution in [-0.4, -0.2) is 33.0 Å². The molecule has 1 aromatic heterocycles. The average molecular weight is 229 g/mol. The molecule has 0 unspecified atom stereocenters. The van der Waals surface area contributed by atoms with Crippen molar-refractivity contribution in [2.45, 2.75) is 20.8 Å². The van der Waals surface area contributed by atoms with Gasteiger partial charge in [0, 0.05) is 32.2 Å². The molecule has 0 fully saturated rings. The maximum absolute atomic E-state index is 5.71. The minimum absolute atomic E-state index is 0.588. The van der Waals surface area contributed by atoms with Crippen LogP contribution in [0.1, 0.15) is 20.8 Å². The standard InChI is InChI=1S/C10H19NO3Si/c1-4-12-15(13-5-2,14-6-3)11-9-7-8-10-11/h7-10H,4-6H2,1-3H3. The Kier molecular flexibility index (Phi) is 5.03. The number of rotatable bonds is 7. The minimum atomic E-state index is -2.70. The van der Waals surface area contributed by atoms with E-state index >= 15 is 0 Å². The van der Waals surface area contributed by atoms with Crippen molar-refractivity contribution < 1.29 is 13.3 Å². The number of aromatic nitrogens is 1. The number of hydrogen-bond acceptors (Lipinski definition) is 3. The summed E-state index contributed by atoms with van der Waals surface area (Å²) in [5, 5.41) is 0. The molecular formula is C10H19NO3Si. The molecule has 0 aliphatic heterocycles. The third kappa shape index (κ3) is 2.91. The maximum atomic E-state index is 5.71. The molecule has 0 saturated heterocycles. The van der Waals surface area contributed by atoms with Crippen molar-refractivity contribution in [2.75, 3.05) is 19.8 Å². The van der Waals surface area contributed by atoms with E-state index in [1.807, 2.05) is 49.5 Å². The molecule has 86 valence electrons. The molecule has 0 bridgehead atoms. The van der Waals surface area contributed by atoms with Gasteiger partial charge in [-0.3, -0.25) is 0 Å². The van der Waals surface area contributed by atoms with E-state index in [0.717, 1.165) is 0 Å². The van der Waals surface area contributed by atoms with Crippen molar-refractivity contribution in [1.82, 2.24) is 4.23 Å². The van der Waals surface area contributed by atoms with Crippen molar-refractivity contribution in [3.63, 3.8) is 0 Å². The van der Waals surface area contributed by atoms with Gasteiger partial charge < -0.3 is 17.5 Å². The van der Waals surface area contributed by atoms with Gasteiger partial charge in [0.1, 0.15) is 0 Å². The first-order valence-corrected chi connectivity index (χ1v) is 7.01. The number of hydrogen-bond donors (Lipinski definition) is 0. The van der Waals surface area contributed by atoms with Gasteiger partial charge in [-0.1, -0.05) is 0 Å². The van der Waals surface area contributed by atoms with Crippen LogP contribution in [0.3, 0.4) is 0 Å². The molecule has 0 spiro atoms. The van der Waals surface area contributed by atoms with Gasteiger partial charge in [-0.05, 0) is 32.9 Å². The van der Waals surface area contributed by atoms with E-state index in [9.17, 15) is 0 Å². The molecule has 0 aromatic carbocycles. The van der Waals surface area contributed by atoms with Crippen molar-refractivity contribution >= 4 is 8.97 Å². The molecule has 5 heteroatoms. The summed E-state index contributed by atoms with van der Waals surface area (Å²) in [5.41, 5.74) is 0. The van der Waals surface area contributed by atoms with E-state index < -0.39 is 8.97 Å². The van der Waals surface area contributed by atoms with Crippen molar-refractivity contribution in [2.24, 2.45) is 0 Å². The second kappa shape index (κ2) is 6.07. The summed E-state index contributed by atoms with van der Waals surface area (Å²) in [4.78, 5) is 0. The first-order valence-electron chi connectivity index (χ1n) is 5.34. The zero-order chi connectivity index (χ0) is 11.1. The zero-order valence-electron chi connectivity index (χ0n) is 9.60. The molecule has 0 aliphatic rings. The van der Waals surface area contributed by atoms with Gasteiger partial charge in [-0.2, -0.15) is 0 Å². The van der Waals surface area contributed by atoms with E-state index in [4.69, 9.17) is 13.3 Å². The molecule has 0 radical (unpaired) electrons. The predicted molar refractivity (Wildman–Crippen MR) is 60.5 cm³/mol. The van der Waals surface area contributed by atoms with Crippen LogP contribution in [0.2, 0.25) is 0 Å². The van der Waals surface area contributed by atoms with Crippen molar-refractivity contribution in [3.8, 4) is 0 Å². The SMILES string of the molecule is CCO[Si](OCC)(OCC)n1cccc1. The third-order valence-electron chi connectivity index (χ3n) is 1.90. The van der Waals surface area contributed by atoms with Crippen molar-refractivity contribution in [3.05, 3.63) is 24.5 Å². The fraction of sp³-hybridized carbons (Fsp3) is 0.600. The molecule has 0 amide bonds. The first-order chi connectivity index (χ1) is 7.29. The highest BCUT2D eigenvalue weighted by Gasteiger charge is 2.44. The lowest BCUT2D eigenvalue weighted by molar-refractivity contribution is 0.0616. The minimum Gasteiger partial charge on any atom is -0.357 e. The highest BCUT2D eigenvalue weighted by molar-refractivity contribution is 6.58. The second-order valence-electron chi connectivity index (χ2n) is 2.91. The predicted octanol–water partition coefficient (Wildman–Crippen LogP) is 1.88. The van der Waals surface area contributed by atoms with Crippen LogP contribution in [0, 0.1) is 0 Å². The third-order valence-corrected chi connectivity index (χ3v) is 4.79. The molecule has 1 heterocycles. The van der Waals surface area contributed by atoms with E-state index in [1.165, 1.54) is 0 Å². The summed E-state index contributed by atoms with van der Waals surface area (Å²) in [6.45, 7) is 7.61. The fourth-order valence-corrected chi connectivity index (χ4v) is 3.74. The molecule has 4 nitrogen and oxygen atoms in total. The molecule has 1 aromatic rings. The lowest BCUT2D eigenvalue weighted by Crippen LogP contribution is -2.52. The molecule has 0 N–H and O–H groups in total. The molecule has 1 rings (SSSR count). The Bertz CT molecular complexity index is 247. The van der Waals surface area contributed by atoms with E-state index in [0.29, 0.717) is 19.8 Å². The lowest BCUT2D eigenvalue weighted by atomic mass is 10.7. The average Bonchev–Trinajstić information content (AvgIpc) is 2.72. The fourth-order valence-electron chi connectivity index (χ4n) is 1.41. The Morgan fingerprint density at radius 2 is 1.27 bits per heavy atom. The molecule has 0 atom stereocenters. The van der Waals surface area contributed by atoms with Gasteiger partial charge in [0.2, 0.25) is 0 Å². The Morgan fingerprint density at radius 1 is 0.867 bits per heavy atom. The van der Waals surface area contributed by atoms with E-state index in [2.05, 4.69) is 0 Å². The Hall–Kier alpha value is -0.623. The van der Waals surface area contributed by atoms with E-state index in [-0.39, 0.29) is 0 Å². The van der Waals surface area contributed by atoms with E-state index in [1.54, 1.807) is 0 Å². The Labute approximate surface area is 92.2 Å². The van der Waals surface area contributed by atoms with Crippen LogP contribution in [0.25, 0.3) is 0 Å². The van der Waals surface area contributed by atoms with Gasteiger partial charge in [-0.15, -0.1) is 0 Å². The van der Waals surface area contributed by atoms with Gasteiger partial charge >= 0.3 is 8.97 Å². The van der Waals surface area contributed by atoms with Crippen LogP contribution in [-0.2, 0) is 13.3 Å².